The summed E-state index contributed by atoms with van der Waals surface area (Å²) < 4.78 is 0. The molecule has 0 aliphatic heterocycles. The third-order valence-corrected chi connectivity index (χ3v) is 2.20. The molecule has 0 aliphatic rings. The number of carboxylic acid groups (broad SMARTS) is 1. The SMILES string of the molecule is O=C(O)C(O)(c1ccccc1)C(O)Cl. The Morgan fingerprint density at radius 2 is 1.86 bits per heavy atom. The van der Waals surface area contributed by atoms with Gasteiger partial charge >= 0.3 is 5.97 Å². The van der Waals surface area contributed by atoms with Crippen LogP contribution < -0.4 is 0 Å². The maximum Gasteiger partial charge on any atom is 0.344 e. The normalized spacial score (nSPS) is 17.1. The average molecular weight is 217 g/mol. The molecule has 4 nitrogen and oxygen atoms in total. The number of carbonyl (C=O) groups is 1. The molecule has 0 heterocycles. The quantitative estimate of drug-likeness (QED) is 0.644. The van der Waals surface area contributed by atoms with Gasteiger partial charge in [0.2, 0.25) is 5.60 Å². The second kappa shape index (κ2) is 3.96. The van der Waals surface area contributed by atoms with Crippen molar-refractivity contribution >= 4 is 17.6 Å². The molecule has 0 amide bonds. The molecule has 2 unspecified atom stereocenters. The number of hydrogen-bond donors (Lipinski definition) is 3. The van der Waals surface area contributed by atoms with Crippen molar-refractivity contribution in [1.29, 1.82) is 0 Å². The van der Waals surface area contributed by atoms with E-state index in [1.54, 1.807) is 18.2 Å². The van der Waals surface area contributed by atoms with Crippen molar-refractivity contribution in [2.45, 2.75) is 11.2 Å². The molecule has 2 atom stereocenters. The highest BCUT2D eigenvalue weighted by Gasteiger charge is 2.44. The van der Waals surface area contributed by atoms with Crippen molar-refractivity contribution in [2.75, 3.05) is 0 Å². The minimum Gasteiger partial charge on any atom is -0.479 e. The molecule has 3 N–H and O–H groups in total. The maximum absolute atomic E-state index is 10.8. The lowest BCUT2D eigenvalue weighted by Crippen LogP contribution is -2.44. The first-order valence-electron chi connectivity index (χ1n) is 3.83. The van der Waals surface area contributed by atoms with Gasteiger partial charge in [-0.3, -0.25) is 0 Å². The van der Waals surface area contributed by atoms with Crippen LogP contribution >= 0.6 is 11.6 Å². The van der Waals surface area contributed by atoms with E-state index in [9.17, 15) is 9.90 Å². The predicted octanol–water partition coefficient (Wildman–Crippen LogP) is 0.516. The summed E-state index contributed by atoms with van der Waals surface area (Å²) in [5.74, 6) is -1.59. The summed E-state index contributed by atoms with van der Waals surface area (Å²) in [5, 5.41) is 27.4. The Labute approximate surface area is 85.4 Å². The zero-order chi connectivity index (χ0) is 10.8. The summed E-state index contributed by atoms with van der Waals surface area (Å²) in [6, 6.07) is 7.50. The monoisotopic (exact) mass is 216 g/mol. The van der Waals surface area contributed by atoms with Crippen molar-refractivity contribution in [3.8, 4) is 0 Å². The lowest BCUT2D eigenvalue weighted by Gasteiger charge is -2.24. The molecule has 0 fully saturated rings. The number of aliphatic carboxylic acids is 1. The maximum atomic E-state index is 10.8. The highest BCUT2D eigenvalue weighted by molar-refractivity contribution is 6.21. The minimum atomic E-state index is -2.47. The van der Waals surface area contributed by atoms with E-state index in [-0.39, 0.29) is 5.56 Å². The number of hydrogen-bond acceptors (Lipinski definition) is 3. The van der Waals surface area contributed by atoms with Gasteiger partial charge in [0.15, 0.2) is 5.56 Å². The molecule has 0 aromatic heterocycles. The van der Waals surface area contributed by atoms with Gasteiger partial charge in [0.05, 0.1) is 0 Å². The number of rotatable bonds is 3. The fourth-order valence-corrected chi connectivity index (χ4v) is 1.27. The molecule has 1 aromatic rings. The standard InChI is InChI=1S/C9H9ClO4/c10-7(11)9(14,8(12)13)6-4-2-1-3-5-6/h1-5,7,11,14H,(H,12,13). The van der Waals surface area contributed by atoms with Crippen molar-refractivity contribution in [2.24, 2.45) is 0 Å². The van der Waals surface area contributed by atoms with Crippen LogP contribution in [0.1, 0.15) is 5.56 Å². The Morgan fingerprint density at radius 3 is 2.21 bits per heavy atom. The van der Waals surface area contributed by atoms with Crippen molar-refractivity contribution in [3.05, 3.63) is 35.9 Å². The van der Waals surface area contributed by atoms with Gasteiger partial charge in [0.1, 0.15) is 0 Å². The van der Waals surface area contributed by atoms with Crippen LogP contribution in [0.2, 0.25) is 0 Å². The largest absolute Gasteiger partial charge is 0.479 e. The van der Waals surface area contributed by atoms with E-state index in [4.69, 9.17) is 21.8 Å². The molecule has 0 spiro atoms. The lowest BCUT2D eigenvalue weighted by molar-refractivity contribution is -0.167. The zero-order valence-corrected chi connectivity index (χ0v) is 7.85. The Hall–Kier alpha value is -1.10. The molecule has 14 heavy (non-hydrogen) atoms. The summed E-state index contributed by atoms with van der Waals surface area (Å²) in [5.41, 5.74) is -4.33. The van der Waals surface area contributed by atoms with Crippen molar-refractivity contribution in [3.63, 3.8) is 0 Å². The van der Waals surface area contributed by atoms with E-state index >= 15 is 0 Å². The molecule has 0 aliphatic carbocycles. The summed E-state index contributed by atoms with van der Waals surface area (Å²) in [4.78, 5) is 10.8. The van der Waals surface area contributed by atoms with Crippen molar-refractivity contribution in [1.82, 2.24) is 0 Å². The number of aliphatic hydroxyl groups excluding tert-OH is 1. The zero-order valence-electron chi connectivity index (χ0n) is 7.09. The van der Waals surface area contributed by atoms with E-state index in [0.29, 0.717) is 0 Å². The van der Waals surface area contributed by atoms with Crippen LogP contribution in [0.4, 0.5) is 0 Å². The van der Waals surface area contributed by atoms with Gasteiger partial charge in [-0.05, 0) is 5.56 Å². The third kappa shape index (κ3) is 1.72. The smallest absolute Gasteiger partial charge is 0.344 e. The van der Waals surface area contributed by atoms with Gasteiger partial charge in [-0.2, -0.15) is 0 Å². The van der Waals surface area contributed by atoms with Gasteiger partial charge < -0.3 is 15.3 Å². The fourth-order valence-electron chi connectivity index (χ4n) is 1.06. The van der Waals surface area contributed by atoms with Gasteiger partial charge in [0, 0.05) is 0 Å². The molecule has 1 aromatic carbocycles. The molecule has 0 radical (unpaired) electrons. The Morgan fingerprint density at radius 1 is 1.36 bits per heavy atom. The Kier molecular flexibility index (Phi) is 3.10. The highest BCUT2D eigenvalue weighted by atomic mass is 35.5. The molecule has 0 saturated carbocycles. The number of alkyl halides is 1. The van der Waals surface area contributed by atoms with Gasteiger partial charge in [-0.25, -0.2) is 4.79 Å². The second-order valence-corrected chi connectivity index (χ2v) is 3.19. The van der Waals surface area contributed by atoms with Crippen LogP contribution in [-0.2, 0) is 10.4 Å². The number of benzene rings is 1. The number of halogens is 1. The third-order valence-electron chi connectivity index (χ3n) is 1.88. The summed E-state index contributed by atoms with van der Waals surface area (Å²) >= 11 is 5.24. The second-order valence-electron chi connectivity index (χ2n) is 2.77. The number of carboxylic acids is 1. The molecule has 0 saturated heterocycles. The Bertz CT molecular complexity index is 325. The van der Waals surface area contributed by atoms with Gasteiger partial charge in [0.25, 0.3) is 0 Å². The first-order valence-corrected chi connectivity index (χ1v) is 4.26. The molecule has 76 valence electrons. The summed E-state index contributed by atoms with van der Waals surface area (Å²) in [6.45, 7) is 0. The van der Waals surface area contributed by atoms with E-state index in [2.05, 4.69) is 0 Å². The molecular weight excluding hydrogens is 208 g/mol. The molecule has 0 bridgehead atoms. The summed E-state index contributed by atoms with van der Waals surface area (Å²) in [7, 11) is 0. The average Bonchev–Trinajstić information content (AvgIpc) is 2.17. The van der Waals surface area contributed by atoms with Crippen molar-refractivity contribution < 1.29 is 20.1 Å². The van der Waals surface area contributed by atoms with E-state index in [0.717, 1.165) is 0 Å². The molecular formula is C9H9ClO4. The molecule has 1 rings (SSSR count). The highest BCUT2D eigenvalue weighted by Crippen LogP contribution is 2.27. The minimum absolute atomic E-state index is 0.0370. The van der Waals surface area contributed by atoms with Crippen LogP contribution in [0.25, 0.3) is 0 Å². The number of aliphatic hydroxyl groups is 2. The lowest BCUT2D eigenvalue weighted by atomic mass is 9.95. The topological polar surface area (TPSA) is 77.8 Å². The van der Waals surface area contributed by atoms with E-state index < -0.39 is 17.1 Å². The predicted molar refractivity (Wildman–Crippen MR) is 49.8 cm³/mol. The van der Waals surface area contributed by atoms with Crippen LogP contribution in [0.5, 0.6) is 0 Å². The van der Waals surface area contributed by atoms with E-state index in [1.165, 1.54) is 12.1 Å². The van der Waals surface area contributed by atoms with Crippen LogP contribution in [0, 0.1) is 0 Å². The Balaban J connectivity index is 3.20. The fraction of sp³-hybridized carbons (Fsp3) is 0.222. The summed E-state index contributed by atoms with van der Waals surface area (Å²) in [6.07, 6.45) is 0. The van der Waals surface area contributed by atoms with Crippen LogP contribution in [0.15, 0.2) is 30.3 Å². The first-order chi connectivity index (χ1) is 6.49. The van der Waals surface area contributed by atoms with Crippen LogP contribution in [0.3, 0.4) is 0 Å². The first kappa shape index (κ1) is 11.0. The van der Waals surface area contributed by atoms with Gasteiger partial charge in [-0.1, -0.05) is 41.9 Å². The van der Waals surface area contributed by atoms with E-state index in [1.807, 2.05) is 0 Å². The van der Waals surface area contributed by atoms with Gasteiger partial charge in [-0.15, -0.1) is 0 Å². The molecule has 5 heteroatoms. The van der Waals surface area contributed by atoms with Crippen LogP contribution in [-0.4, -0.2) is 26.9 Å².